The van der Waals surface area contributed by atoms with Crippen molar-refractivity contribution in [3.63, 3.8) is 0 Å². The van der Waals surface area contributed by atoms with Crippen molar-refractivity contribution < 1.29 is 16.8 Å². The fourth-order valence-corrected chi connectivity index (χ4v) is 1.69. The lowest BCUT2D eigenvalue weighted by atomic mass is 10.8. The van der Waals surface area contributed by atoms with Crippen molar-refractivity contribution in [2.24, 2.45) is 0 Å². The van der Waals surface area contributed by atoms with E-state index in [1.165, 1.54) is 0 Å². The van der Waals surface area contributed by atoms with Gasteiger partial charge in [0.05, 0.1) is 0 Å². The molecule has 0 bridgehead atoms. The van der Waals surface area contributed by atoms with Crippen LogP contribution in [0.4, 0.5) is 0 Å². The highest BCUT2D eigenvalue weighted by molar-refractivity contribution is 7.73. The normalized spacial score (nSPS) is 11.6. The van der Waals surface area contributed by atoms with Crippen molar-refractivity contribution in [3.8, 4) is 0 Å². The van der Waals surface area contributed by atoms with Gasteiger partial charge in [-0.25, -0.2) is 16.8 Å². The molecule has 0 spiro atoms. The molecule has 0 saturated heterocycles. The van der Waals surface area contributed by atoms with Gasteiger partial charge in [0.1, 0.15) is 0 Å². The lowest BCUT2D eigenvalue weighted by Crippen LogP contribution is -2.36. The highest BCUT2D eigenvalue weighted by Gasteiger charge is 2.04. The average molecular weight is 223 g/mol. The second-order valence-electron chi connectivity index (χ2n) is 1.41. The Balaban J connectivity index is 4.10. The minimum absolute atomic E-state index is 0.0273. The van der Waals surface area contributed by atoms with Gasteiger partial charge < -0.3 is 0 Å². The van der Waals surface area contributed by atoms with Crippen molar-refractivity contribution in [3.05, 3.63) is 0 Å². The highest BCUT2D eigenvalue weighted by atomic mass is 35.5. The molecule has 9 heteroatoms. The van der Waals surface area contributed by atoms with Crippen molar-refractivity contribution in [2.45, 2.75) is 0 Å². The minimum Gasteiger partial charge on any atom is -0.214 e. The second kappa shape index (κ2) is 5.72. The lowest BCUT2D eigenvalue weighted by molar-refractivity contribution is 0.413. The van der Waals surface area contributed by atoms with Crippen LogP contribution in [-0.4, -0.2) is 33.7 Å². The Morgan fingerprint density at radius 1 is 1.27 bits per heavy atom. The van der Waals surface area contributed by atoms with Crippen LogP contribution in [0.15, 0.2) is 0 Å². The van der Waals surface area contributed by atoms with Crippen LogP contribution < -0.4 is 4.83 Å². The van der Waals surface area contributed by atoms with E-state index in [1.807, 2.05) is 0 Å². The van der Waals surface area contributed by atoms with Gasteiger partial charge in [0, 0.05) is 12.4 Å². The number of hydrogen-bond acceptors (Lipinski definition) is 4. The van der Waals surface area contributed by atoms with Gasteiger partial charge in [-0.3, -0.25) is 0 Å². The Kier molecular flexibility index (Phi) is 5.78. The third kappa shape index (κ3) is 5.39. The van der Waals surface area contributed by atoms with Gasteiger partial charge >= 0.3 is 0 Å². The quantitative estimate of drug-likeness (QED) is 0.288. The van der Waals surface area contributed by atoms with Crippen LogP contribution in [0.3, 0.4) is 0 Å². The summed E-state index contributed by atoms with van der Waals surface area (Å²) in [5.41, 5.74) is 0. The molecule has 68 valence electrons. The summed E-state index contributed by atoms with van der Waals surface area (Å²) in [6.07, 6.45) is 0. The van der Waals surface area contributed by atoms with E-state index in [-0.39, 0.29) is 12.4 Å². The van der Waals surface area contributed by atoms with E-state index in [9.17, 15) is 16.8 Å². The fraction of sp³-hybridized carbons (Fsp3) is 1.00. The van der Waals surface area contributed by atoms with Gasteiger partial charge in [0.15, 0.2) is 0 Å². The molecule has 0 aliphatic rings. The Morgan fingerprint density at radius 2 is 1.82 bits per heavy atom. The van der Waals surface area contributed by atoms with E-state index in [4.69, 9.17) is 11.6 Å². The Hall–Kier alpha value is 0.110. The maximum Gasteiger partial charge on any atom is 0.217 e. The molecule has 0 aromatic rings. The van der Waals surface area contributed by atoms with E-state index < -0.39 is 21.8 Å². The van der Waals surface area contributed by atoms with E-state index >= 15 is 0 Å². The summed E-state index contributed by atoms with van der Waals surface area (Å²) in [6, 6.07) is 0. The molecule has 0 fully saturated rings. The number of nitrogens with zero attached hydrogens (tertiary/aromatic N) is 1. The molecule has 0 aromatic carbocycles. The lowest BCUT2D eigenvalue weighted by Gasteiger charge is -2.08. The minimum atomic E-state index is -2.95. The van der Waals surface area contributed by atoms with Gasteiger partial charge in [-0.1, -0.05) is 0 Å². The molecule has 0 unspecified atom stereocenters. The van der Waals surface area contributed by atoms with Crippen LogP contribution >= 0.6 is 11.6 Å². The van der Waals surface area contributed by atoms with Crippen molar-refractivity contribution in [1.82, 2.24) is 9.25 Å². The molecule has 6 nitrogen and oxygen atoms in total. The summed E-state index contributed by atoms with van der Waals surface area (Å²) < 4.78 is 40.8. The molecule has 0 aliphatic carbocycles. The first-order valence-electron chi connectivity index (χ1n) is 2.46. The molecule has 0 aliphatic heterocycles. The smallest absolute Gasteiger partial charge is 0.214 e. The first kappa shape index (κ1) is 11.1. The number of alkyl halides is 1. The molecule has 0 rings (SSSR count). The van der Waals surface area contributed by atoms with E-state index in [2.05, 4.69) is 0 Å². The largest absolute Gasteiger partial charge is 0.217 e. The summed E-state index contributed by atoms with van der Waals surface area (Å²) in [7, 11) is -5.90. The number of halogens is 1. The van der Waals surface area contributed by atoms with Crippen molar-refractivity contribution in [2.75, 3.05) is 12.4 Å². The standard InChI is InChI=1S/C2H7ClN2O4S2/c3-1-2-5(11(8)9)4-10(6)7/h10-11H,1-2H2,(H,4,6,7). The van der Waals surface area contributed by atoms with Crippen LogP contribution in [0, 0.1) is 0 Å². The van der Waals surface area contributed by atoms with Gasteiger partial charge in [-0.05, 0) is 0 Å². The molecule has 0 atom stereocenters. The molecule has 0 aromatic heterocycles. The van der Waals surface area contributed by atoms with E-state index in [0.717, 1.165) is 0 Å². The Labute approximate surface area is 72.3 Å². The van der Waals surface area contributed by atoms with Crippen LogP contribution in [0.1, 0.15) is 0 Å². The fourth-order valence-electron chi connectivity index (χ4n) is 0.342. The first-order chi connectivity index (χ1) is 5.07. The predicted octanol–water partition coefficient (Wildman–Crippen LogP) is -1.92. The second-order valence-corrected chi connectivity index (χ2v) is 3.46. The first-order valence-corrected chi connectivity index (χ1v) is 5.30. The summed E-state index contributed by atoms with van der Waals surface area (Å²) in [4.78, 5) is 1.69. The van der Waals surface area contributed by atoms with Gasteiger partial charge in [0.2, 0.25) is 21.8 Å². The number of nitrogens with one attached hydrogen (secondary N) is 1. The number of hydrogen-bond donors (Lipinski definition) is 3. The average Bonchev–Trinajstić information content (AvgIpc) is 1.86. The molecule has 0 saturated carbocycles. The van der Waals surface area contributed by atoms with Crippen LogP contribution in [0.25, 0.3) is 0 Å². The summed E-state index contributed by atoms with van der Waals surface area (Å²) in [6.45, 7) is -0.0798. The zero-order valence-corrected chi connectivity index (χ0v) is 7.81. The molecular formula is C2H7ClN2O4S2. The molecule has 1 N–H and O–H groups in total. The Bertz CT molecular complexity index is 232. The van der Waals surface area contributed by atoms with Crippen LogP contribution in [0.5, 0.6) is 0 Å². The van der Waals surface area contributed by atoms with E-state index in [0.29, 0.717) is 4.41 Å². The van der Waals surface area contributed by atoms with E-state index in [1.54, 1.807) is 4.83 Å². The summed E-state index contributed by atoms with van der Waals surface area (Å²) in [5, 5.41) is 0. The third-order valence-electron chi connectivity index (χ3n) is 0.691. The highest BCUT2D eigenvalue weighted by Crippen LogP contribution is 1.83. The third-order valence-corrected chi connectivity index (χ3v) is 2.12. The molecule has 0 radical (unpaired) electrons. The summed E-state index contributed by atoms with van der Waals surface area (Å²) in [5.74, 6) is 0.0273. The number of rotatable bonds is 5. The number of hydrazine groups is 1. The maximum atomic E-state index is 10.2. The van der Waals surface area contributed by atoms with Crippen LogP contribution in [-0.2, 0) is 21.8 Å². The molecular weight excluding hydrogens is 216 g/mol. The summed E-state index contributed by atoms with van der Waals surface area (Å²) >= 11 is 5.18. The number of thiol groups is 2. The Morgan fingerprint density at radius 3 is 2.09 bits per heavy atom. The zero-order chi connectivity index (χ0) is 8.85. The van der Waals surface area contributed by atoms with Gasteiger partial charge in [0.25, 0.3) is 0 Å². The molecule has 11 heavy (non-hydrogen) atoms. The SMILES string of the molecule is O=[SH](=O)NN(CCCl)[SH](=O)=O. The zero-order valence-electron chi connectivity index (χ0n) is 5.27. The molecule has 0 amide bonds. The predicted molar refractivity (Wildman–Crippen MR) is 41.2 cm³/mol. The topological polar surface area (TPSA) is 83.6 Å². The van der Waals surface area contributed by atoms with Crippen LogP contribution in [0.2, 0.25) is 0 Å². The van der Waals surface area contributed by atoms with Gasteiger partial charge in [-0.2, -0.15) is 0 Å². The van der Waals surface area contributed by atoms with Crippen molar-refractivity contribution >= 4 is 33.4 Å². The van der Waals surface area contributed by atoms with Gasteiger partial charge in [-0.15, -0.1) is 20.8 Å². The monoisotopic (exact) mass is 222 g/mol. The van der Waals surface area contributed by atoms with Crippen molar-refractivity contribution in [1.29, 1.82) is 0 Å². The maximum absolute atomic E-state index is 10.2. The molecule has 0 heterocycles.